The molecule has 0 radical (unpaired) electrons. The minimum absolute atomic E-state index is 0.161. The first-order valence-corrected chi connectivity index (χ1v) is 15.3. The molecule has 39 heavy (non-hydrogen) atoms. The lowest BCUT2D eigenvalue weighted by molar-refractivity contribution is -0.00963. The van der Waals surface area contributed by atoms with Crippen LogP contribution in [-0.2, 0) is 5.41 Å². The highest BCUT2D eigenvalue weighted by molar-refractivity contribution is 6.19. The van der Waals surface area contributed by atoms with Crippen LogP contribution in [0.15, 0.2) is 52.9 Å². The Morgan fingerprint density at radius 1 is 0.744 bits per heavy atom. The normalized spacial score (nSPS) is 32.6. The average Bonchev–Trinajstić information content (AvgIpc) is 3.71. The number of furan rings is 1. The summed E-state index contributed by atoms with van der Waals surface area (Å²) in [7, 11) is 0. The molecule has 4 nitrogen and oxygen atoms in total. The Morgan fingerprint density at radius 2 is 1.49 bits per heavy atom. The standard InChI is InChI=1S/C35H31N3O/c1-2-4-29-23(3-1)31-30(39-29)8-7-24-32(31)37-34(35-15-18-9-19(16-35)11-20(10-18)17-35)38-28-14-26-22-6-5-21(12-22)25(26)13-27(28)36-33(24)38/h1-4,7-8,13-14,18-22H,5-6,9-12,15-17H2. The second kappa shape index (κ2) is 6.66. The highest BCUT2D eigenvalue weighted by Gasteiger charge is 2.53. The van der Waals surface area contributed by atoms with Gasteiger partial charge in [0.15, 0.2) is 0 Å². The molecular weight excluding hydrogens is 478 g/mol. The van der Waals surface area contributed by atoms with Gasteiger partial charge in [0.25, 0.3) is 0 Å². The topological polar surface area (TPSA) is 43.3 Å². The highest BCUT2D eigenvalue weighted by Crippen LogP contribution is 2.61. The van der Waals surface area contributed by atoms with Crippen molar-refractivity contribution in [1.29, 1.82) is 0 Å². The lowest BCUT2D eigenvalue weighted by Crippen LogP contribution is -2.49. The number of fused-ring (bicyclic) bond motifs is 14. The van der Waals surface area contributed by atoms with E-state index in [4.69, 9.17) is 14.4 Å². The van der Waals surface area contributed by atoms with Gasteiger partial charge in [-0.1, -0.05) is 18.2 Å². The molecule has 5 fully saturated rings. The first-order valence-electron chi connectivity index (χ1n) is 15.3. The molecule has 0 spiro atoms. The number of hydrogen-bond donors (Lipinski definition) is 0. The maximum absolute atomic E-state index is 6.34. The van der Waals surface area contributed by atoms with Crippen molar-refractivity contribution in [2.45, 2.75) is 75.0 Å². The Bertz CT molecular complexity index is 2030. The number of nitrogens with zero attached hydrogens (tertiary/aromatic N) is 3. The van der Waals surface area contributed by atoms with Gasteiger partial charge >= 0.3 is 0 Å². The largest absolute Gasteiger partial charge is 0.456 e. The summed E-state index contributed by atoms with van der Waals surface area (Å²) >= 11 is 0. The summed E-state index contributed by atoms with van der Waals surface area (Å²) in [6.45, 7) is 0. The minimum Gasteiger partial charge on any atom is -0.456 e. The van der Waals surface area contributed by atoms with Crippen LogP contribution >= 0.6 is 0 Å². The molecule has 3 aromatic carbocycles. The van der Waals surface area contributed by atoms with Gasteiger partial charge in [0.1, 0.15) is 22.6 Å². The van der Waals surface area contributed by atoms with Crippen molar-refractivity contribution < 1.29 is 4.42 Å². The van der Waals surface area contributed by atoms with Crippen LogP contribution in [0.4, 0.5) is 0 Å². The van der Waals surface area contributed by atoms with Gasteiger partial charge in [0, 0.05) is 16.2 Å². The van der Waals surface area contributed by atoms with Crippen molar-refractivity contribution in [3.05, 3.63) is 65.5 Å². The molecule has 2 unspecified atom stereocenters. The summed E-state index contributed by atoms with van der Waals surface area (Å²) in [5, 5.41) is 3.48. The van der Waals surface area contributed by atoms with Crippen molar-refractivity contribution in [2.75, 3.05) is 0 Å². The second-order valence-corrected chi connectivity index (χ2v) is 14.0. The summed E-state index contributed by atoms with van der Waals surface area (Å²) in [4.78, 5) is 11.2. The van der Waals surface area contributed by atoms with Crippen molar-refractivity contribution in [3.63, 3.8) is 0 Å². The minimum atomic E-state index is 0.161. The van der Waals surface area contributed by atoms with E-state index in [9.17, 15) is 0 Å². The molecule has 0 N–H and O–H groups in total. The Hall–Kier alpha value is -3.40. The number of benzene rings is 3. The quantitative estimate of drug-likeness (QED) is 0.222. The third-order valence-corrected chi connectivity index (χ3v) is 11.9. The van der Waals surface area contributed by atoms with Crippen LogP contribution in [0, 0.1) is 17.8 Å². The number of imidazole rings is 1. The molecule has 5 saturated carbocycles. The van der Waals surface area contributed by atoms with Crippen LogP contribution in [0.25, 0.3) is 49.5 Å². The number of aromatic nitrogens is 3. The lowest BCUT2D eigenvalue weighted by Gasteiger charge is -2.56. The van der Waals surface area contributed by atoms with E-state index in [1.165, 1.54) is 74.6 Å². The first kappa shape index (κ1) is 20.5. The molecule has 12 rings (SSSR count). The second-order valence-electron chi connectivity index (χ2n) is 14.0. The molecule has 3 heterocycles. The maximum atomic E-state index is 6.34. The third kappa shape index (κ3) is 2.45. The predicted molar refractivity (Wildman–Crippen MR) is 154 cm³/mol. The van der Waals surface area contributed by atoms with Gasteiger partial charge in [0.05, 0.1) is 21.9 Å². The number of rotatable bonds is 1. The Morgan fingerprint density at radius 3 is 2.28 bits per heavy atom. The molecule has 0 amide bonds. The third-order valence-electron chi connectivity index (χ3n) is 11.9. The molecule has 6 aromatic rings. The smallest absolute Gasteiger partial charge is 0.148 e. The maximum Gasteiger partial charge on any atom is 0.148 e. The Labute approximate surface area is 226 Å². The van der Waals surface area contributed by atoms with Crippen LogP contribution in [-0.4, -0.2) is 14.4 Å². The molecule has 6 bridgehead atoms. The zero-order chi connectivity index (χ0) is 25.0. The van der Waals surface area contributed by atoms with Crippen molar-refractivity contribution in [1.82, 2.24) is 14.4 Å². The van der Waals surface area contributed by atoms with Gasteiger partial charge in [0.2, 0.25) is 0 Å². The summed E-state index contributed by atoms with van der Waals surface area (Å²) in [5.74, 6) is 5.38. The van der Waals surface area contributed by atoms with E-state index in [-0.39, 0.29) is 5.41 Å². The molecule has 6 aliphatic carbocycles. The Balaban J connectivity index is 1.31. The fourth-order valence-electron chi connectivity index (χ4n) is 10.8. The Kier molecular flexibility index (Phi) is 3.50. The molecule has 0 saturated heterocycles. The molecule has 4 heteroatoms. The number of hydrogen-bond acceptors (Lipinski definition) is 3. The van der Waals surface area contributed by atoms with Crippen LogP contribution in [0.1, 0.15) is 86.6 Å². The zero-order valence-corrected chi connectivity index (χ0v) is 22.1. The molecule has 6 aliphatic rings. The first-order chi connectivity index (χ1) is 19.2. The zero-order valence-electron chi connectivity index (χ0n) is 22.1. The predicted octanol–water partition coefficient (Wildman–Crippen LogP) is 8.77. The van der Waals surface area contributed by atoms with E-state index in [0.717, 1.165) is 68.1 Å². The van der Waals surface area contributed by atoms with Gasteiger partial charge in [-0.15, -0.1) is 0 Å². The van der Waals surface area contributed by atoms with Crippen molar-refractivity contribution >= 4 is 49.5 Å². The fourth-order valence-corrected chi connectivity index (χ4v) is 10.8. The van der Waals surface area contributed by atoms with Crippen LogP contribution < -0.4 is 0 Å². The number of para-hydroxylation sites is 1. The molecule has 192 valence electrons. The van der Waals surface area contributed by atoms with Crippen LogP contribution in [0.3, 0.4) is 0 Å². The summed E-state index contributed by atoms with van der Waals surface area (Å²) in [6.07, 6.45) is 12.3. The van der Waals surface area contributed by atoms with E-state index in [1.807, 2.05) is 0 Å². The van der Waals surface area contributed by atoms with Crippen LogP contribution in [0.5, 0.6) is 0 Å². The molecule has 0 aliphatic heterocycles. The SMILES string of the molecule is c1ccc2c(c1)oc1ccc3c(nc(C45CC6CC(CC(C6)C4)C5)n4c5cc6c(cc5nc34)C3CCC6C3)c12. The van der Waals surface area contributed by atoms with E-state index < -0.39 is 0 Å². The van der Waals surface area contributed by atoms with Gasteiger partial charge in [-0.25, -0.2) is 9.97 Å². The molecular formula is C35H31N3O. The molecule has 2 atom stereocenters. The van der Waals surface area contributed by atoms with E-state index in [2.05, 4.69) is 52.9 Å². The van der Waals surface area contributed by atoms with Gasteiger partial charge in [-0.05, 0) is 129 Å². The van der Waals surface area contributed by atoms with E-state index in [1.54, 1.807) is 11.1 Å². The summed E-state index contributed by atoms with van der Waals surface area (Å²) in [6, 6.07) is 17.8. The lowest BCUT2D eigenvalue weighted by atomic mass is 9.49. The average molecular weight is 510 g/mol. The fraction of sp³-hybridized carbons (Fsp3) is 0.429. The molecule has 3 aromatic heterocycles. The summed E-state index contributed by atoms with van der Waals surface area (Å²) < 4.78 is 8.88. The van der Waals surface area contributed by atoms with Crippen LogP contribution in [0.2, 0.25) is 0 Å². The van der Waals surface area contributed by atoms with E-state index in [0.29, 0.717) is 0 Å². The highest BCUT2D eigenvalue weighted by atomic mass is 16.3. The van der Waals surface area contributed by atoms with Gasteiger partial charge in [-0.2, -0.15) is 0 Å². The summed E-state index contributed by atoms with van der Waals surface area (Å²) in [5.41, 5.74) is 9.87. The van der Waals surface area contributed by atoms with Crippen molar-refractivity contribution in [2.24, 2.45) is 17.8 Å². The monoisotopic (exact) mass is 509 g/mol. The van der Waals surface area contributed by atoms with Gasteiger partial charge < -0.3 is 4.42 Å². The van der Waals surface area contributed by atoms with E-state index >= 15 is 0 Å². The van der Waals surface area contributed by atoms with Crippen molar-refractivity contribution in [3.8, 4) is 0 Å². The van der Waals surface area contributed by atoms with Gasteiger partial charge in [-0.3, -0.25) is 4.40 Å².